The molecule has 6 heteroatoms. The number of pyridine rings is 2. The van der Waals surface area contributed by atoms with Crippen LogP contribution in [0.5, 0.6) is 0 Å². The minimum absolute atomic E-state index is 0.387. The second kappa shape index (κ2) is 11.8. The van der Waals surface area contributed by atoms with Crippen molar-refractivity contribution in [1.29, 1.82) is 0 Å². The summed E-state index contributed by atoms with van der Waals surface area (Å²) in [5.41, 5.74) is 10.9. The zero-order chi connectivity index (χ0) is 25.7. The van der Waals surface area contributed by atoms with E-state index >= 15 is 0 Å². The largest absolute Gasteiger partial charge is 0.452 e. The molecule has 0 radical (unpaired) electrons. The average molecular weight is 503 g/mol. The van der Waals surface area contributed by atoms with E-state index in [1.807, 2.05) is 24.5 Å². The van der Waals surface area contributed by atoms with Crippen LogP contribution in [0.4, 0.5) is 5.82 Å². The molecule has 0 bridgehead atoms. The van der Waals surface area contributed by atoms with Crippen molar-refractivity contribution in [3.63, 3.8) is 0 Å². The number of thiophene rings is 1. The fourth-order valence-corrected chi connectivity index (χ4v) is 6.01. The van der Waals surface area contributed by atoms with Crippen LogP contribution in [0.15, 0.2) is 51.1 Å². The lowest BCUT2D eigenvalue weighted by Gasteiger charge is -2.26. The number of rotatable bonds is 5. The van der Waals surface area contributed by atoms with E-state index in [0.29, 0.717) is 11.4 Å². The van der Waals surface area contributed by atoms with Crippen LogP contribution in [0.1, 0.15) is 71.8 Å². The fraction of sp³-hybridized carbons (Fsp3) is 0.433. The van der Waals surface area contributed by atoms with E-state index in [9.17, 15) is 0 Å². The molecule has 0 spiro atoms. The first kappa shape index (κ1) is 26.1. The Kier molecular flexibility index (Phi) is 8.57. The normalized spacial score (nSPS) is 15.2. The van der Waals surface area contributed by atoms with E-state index < -0.39 is 0 Å². The highest BCUT2D eigenvalue weighted by Gasteiger charge is 2.19. The van der Waals surface area contributed by atoms with E-state index in [4.69, 9.17) is 10.2 Å². The van der Waals surface area contributed by atoms with Gasteiger partial charge in [0.05, 0.1) is 4.70 Å². The number of furan rings is 1. The van der Waals surface area contributed by atoms with Crippen LogP contribution in [0.3, 0.4) is 0 Å². The highest BCUT2D eigenvalue weighted by atomic mass is 32.1. The molecule has 0 aliphatic heterocycles. The van der Waals surface area contributed by atoms with Gasteiger partial charge < -0.3 is 10.2 Å². The molecule has 5 nitrogen and oxygen atoms in total. The predicted octanol–water partition coefficient (Wildman–Crippen LogP) is 8.79. The Hall–Kier alpha value is -2.99. The summed E-state index contributed by atoms with van der Waals surface area (Å²) in [5, 5.41) is 4.15. The van der Waals surface area contributed by atoms with Gasteiger partial charge in [0.15, 0.2) is 11.4 Å². The maximum Gasteiger partial charge on any atom is 0.177 e. The van der Waals surface area contributed by atoms with Gasteiger partial charge in [0.2, 0.25) is 0 Å². The molecule has 0 saturated heterocycles. The summed E-state index contributed by atoms with van der Waals surface area (Å²) in [6.45, 7) is 8.84. The minimum Gasteiger partial charge on any atom is -0.452 e. The highest BCUT2D eigenvalue weighted by molar-refractivity contribution is 7.17. The number of anilines is 1. The summed E-state index contributed by atoms with van der Waals surface area (Å²) in [6.07, 6.45) is 16.2. The van der Waals surface area contributed by atoms with Gasteiger partial charge in [-0.15, -0.1) is 11.3 Å². The summed E-state index contributed by atoms with van der Waals surface area (Å²) in [4.78, 5) is 12.7. The SMILES string of the molecule is CCC(C)C1CCCCC1.CN=CC(=C(C)C)c1cnc(N)c2oc(-c3csc4cnccc34)cc12. The monoisotopic (exact) mass is 502 g/mol. The number of hydrogen-bond donors (Lipinski definition) is 1. The summed E-state index contributed by atoms with van der Waals surface area (Å²) in [6, 6.07) is 4.04. The number of nitrogens with two attached hydrogens (primary N) is 1. The number of hydrogen-bond acceptors (Lipinski definition) is 6. The topological polar surface area (TPSA) is 77.3 Å². The third-order valence-corrected chi connectivity index (χ3v) is 8.35. The second-order valence-corrected chi connectivity index (χ2v) is 10.9. The van der Waals surface area contributed by atoms with Gasteiger partial charge in [0.1, 0.15) is 5.76 Å². The van der Waals surface area contributed by atoms with Crippen molar-refractivity contribution >= 4 is 50.0 Å². The Morgan fingerprint density at radius 2 is 2.00 bits per heavy atom. The van der Waals surface area contributed by atoms with E-state index in [1.54, 1.807) is 30.8 Å². The van der Waals surface area contributed by atoms with Crippen molar-refractivity contribution in [2.75, 3.05) is 12.8 Å². The summed E-state index contributed by atoms with van der Waals surface area (Å²) in [5.74, 6) is 3.22. The van der Waals surface area contributed by atoms with Crippen LogP contribution < -0.4 is 5.73 Å². The van der Waals surface area contributed by atoms with Gasteiger partial charge in [0.25, 0.3) is 0 Å². The van der Waals surface area contributed by atoms with Gasteiger partial charge in [0, 0.05) is 64.7 Å². The zero-order valence-electron chi connectivity index (χ0n) is 22.2. The first-order chi connectivity index (χ1) is 17.4. The van der Waals surface area contributed by atoms with Crippen LogP contribution in [-0.4, -0.2) is 23.2 Å². The van der Waals surface area contributed by atoms with Crippen molar-refractivity contribution in [3.8, 4) is 11.3 Å². The van der Waals surface area contributed by atoms with Crippen LogP contribution in [-0.2, 0) is 0 Å². The van der Waals surface area contributed by atoms with Crippen molar-refractivity contribution in [2.45, 2.75) is 66.2 Å². The Labute approximate surface area is 218 Å². The van der Waals surface area contributed by atoms with E-state index in [1.165, 1.54) is 38.5 Å². The third kappa shape index (κ3) is 5.54. The number of nitrogens with zero attached hydrogens (tertiary/aromatic N) is 3. The van der Waals surface area contributed by atoms with Crippen LogP contribution in [0, 0.1) is 11.8 Å². The molecule has 36 heavy (non-hydrogen) atoms. The van der Waals surface area contributed by atoms with Crippen LogP contribution in [0.2, 0.25) is 0 Å². The van der Waals surface area contributed by atoms with Gasteiger partial charge in [-0.3, -0.25) is 9.98 Å². The van der Waals surface area contributed by atoms with Crippen LogP contribution >= 0.6 is 11.3 Å². The fourth-order valence-electron chi connectivity index (χ4n) is 5.10. The number of aromatic nitrogens is 2. The highest BCUT2D eigenvalue weighted by Crippen LogP contribution is 2.39. The molecule has 0 amide bonds. The second-order valence-electron chi connectivity index (χ2n) is 10.0. The molecule has 1 atom stereocenters. The van der Waals surface area contributed by atoms with Gasteiger partial charge in [-0.05, 0) is 37.8 Å². The van der Waals surface area contributed by atoms with Gasteiger partial charge >= 0.3 is 0 Å². The minimum atomic E-state index is 0.387. The average Bonchev–Trinajstić information content (AvgIpc) is 3.53. The molecule has 1 unspecified atom stereocenters. The molecular weight excluding hydrogens is 464 g/mol. The maximum atomic E-state index is 6.13. The molecular formula is C30H38N4OS. The van der Waals surface area contributed by atoms with E-state index in [-0.39, 0.29) is 0 Å². The summed E-state index contributed by atoms with van der Waals surface area (Å²) >= 11 is 1.65. The van der Waals surface area contributed by atoms with Crippen LogP contribution in [0.25, 0.3) is 38.0 Å². The van der Waals surface area contributed by atoms with Crippen molar-refractivity contribution in [3.05, 3.63) is 47.2 Å². The van der Waals surface area contributed by atoms with E-state index in [2.05, 4.69) is 48.0 Å². The van der Waals surface area contributed by atoms with Gasteiger partial charge in [-0.1, -0.05) is 57.9 Å². The Balaban J connectivity index is 0.000000256. The number of allylic oxidation sites excluding steroid dienone is 2. The van der Waals surface area contributed by atoms with Crippen molar-refractivity contribution in [2.24, 2.45) is 16.8 Å². The first-order valence-electron chi connectivity index (χ1n) is 13.0. The molecule has 1 aliphatic rings. The number of fused-ring (bicyclic) bond motifs is 2. The molecule has 4 aromatic rings. The molecule has 1 saturated carbocycles. The Morgan fingerprint density at radius 1 is 1.22 bits per heavy atom. The Morgan fingerprint density at radius 3 is 2.69 bits per heavy atom. The predicted molar refractivity (Wildman–Crippen MR) is 156 cm³/mol. The summed E-state index contributed by atoms with van der Waals surface area (Å²) < 4.78 is 7.25. The zero-order valence-corrected chi connectivity index (χ0v) is 23.0. The smallest absolute Gasteiger partial charge is 0.177 e. The molecule has 4 aromatic heterocycles. The van der Waals surface area contributed by atoms with E-state index in [0.717, 1.165) is 55.3 Å². The lowest BCUT2D eigenvalue weighted by molar-refractivity contribution is 0.258. The lowest BCUT2D eigenvalue weighted by atomic mass is 9.80. The summed E-state index contributed by atoms with van der Waals surface area (Å²) in [7, 11) is 1.76. The lowest BCUT2D eigenvalue weighted by Crippen LogP contribution is -2.14. The maximum absolute atomic E-state index is 6.13. The van der Waals surface area contributed by atoms with Crippen molar-refractivity contribution in [1.82, 2.24) is 9.97 Å². The first-order valence-corrected chi connectivity index (χ1v) is 13.9. The molecule has 190 valence electrons. The van der Waals surface area contributed by atoms with Crippen molar-refractivity contribution < 1.29 is 4.42 Å². The molecule has 2 N–H and O–H groups in total. The quantitative estimate of drug-likeness (QED) is 0.277. The molecule has 1 aliphatic carbocycles. The number of nitrogen functional groups attached to an aromatic ring is 1. The molecule has 4 heterocycles. The standard InChI is InChI=1S/C20H18N4OS.C10H20/c1-11(2)14(7-22-3)15-8-24-20(21)19-13(15)6-17(25-19)16-10-26-18-9-23-5-4-12(16)18;1-3-9(2)10-7-5-4-6-8-10/h4-10H,1-3H3,(H2,21,24);9-10H,3-8H2,1-2H3. The third-order valence-electron chi connectivity index (χ3n) is 7.42. The van der Waals surface area contributed by atoms with Gasteiger partial charge in [-0.25, -0.2) is 4.98 Å². The number of aliphatic imine (C=N–C) groups is 1. The molecule has 1 fully saturated rings. The molecule has 0 aromatic carbocycles. The Bertz CT molecular complexity index is 1370. The molecule has 5 rings (SSSR count). The van der Waals surface area contributed by atoms with Gasteiger partial charge in [-0.2, -0.15) is 0 Å².